The molecule has 3 heteroatoms. The minimum Gasteiger partial charge on any atom is -0.208 e. The second-order valence-electron chi connectivity index (χ2n) is 10.2. The molecule has 0 aliphatic heterocycles. The lowest BCUT2D eigenvalue weighted by molar-refractivity contribution is 1.07. The molecule has 0 N–H and O–H groups in total. The van der Waals surface area contributed by atoms with Crippen LogP contribution in [0.25, 0.3) is 67.2 Å². The Labute approximate surface area is 239 Å². The van der Waals surface area contributed by atoms with Crippen molar-refractivity contribution in [1.82, 2.24) is 15.0 Å². The normalized spacial score (nSPS) is 11.0. The van der Waals surface area contributed by atoms with E-state index in [4.69, 9.17) is 15.0 Å². The third kappa shape index (κ3) is 5.02. The van der Waals surface area contributed by atoms with Gasteiger partial charge in [-0.25, -0.2) is 15.0 Å². The highest BCUT2D eigenvalue weighted by molar-refractivity contribution is 5.98. The molecule has 7 rings (SSSR count). The van der Waals surface area contributed by atoms with Crippen LogP contribution in [-0.2, 0) is 0 Å². The number of benzene rings is 6. The summed E-state index contributed by atoms with van der Waals surface area (Å²) in [7, 11) is 0. The fraction of sp³-hybridized carbons (Fsp3) is 0.0263. The van der Waals surface area contributed by atoms with Crippen LogP contribution in [0.15, 0.2) is 146 Å². The highest BCUT2D eigenvalue weighted by Crippen LogP contribution is 2.36. The topological polar surface area (TPSA) is 38.7 Å². The molecule has 0 fully saturated rings. The van der Waals surface area contributed by atoms with E-state index in [9.17, 15) is 0 Å². The first-order chi connectivity index (χ1) is 20.2. The molecular formula is C38H27N3. The quantitative estimate of drug-likeness (QED) is 0.224. The number of aryl methyl sites for hydroxylation is 1. The van der Waals surface area contributed by atoms with Crippen LogP contribution in [0, 0.1) is 6.92 Å². The van der Waals surface area contributed by atoms with Gasteiger partial charge in [0.2, 0.25) is 0 Å². The second-order valence-corrected chi connectivity index (χ2v) is 10.2. The van der Waals surface area contributed by atoms with Crippen molar-refractivity contribution in [3.8, 4) is 56.4 Å². The van der Waals surface area contributed by atoms with Gasteiger partial charge in [0.25, 0.3) is 0 Å². The average molecular weight is 526 g/mol. The number of nitrogens with zero attached hydrogens (tertiary/aromatic N) is 3. The fourth-order valence-corrected chi connectivity index (χ4v) is 5.24. The summed E-state index contributed by atoms with van der Waals surface area (Å²) in [5.41, 5.74) is 8.67. The van der Waals surface area contributed by atoms with Crippen LogP contribution < -0.4 is 0 Å². The van der Waals surface area contributed by atoms with E-state index in [-0.39, 0.29) is 0 Å². The molecule has 194 valence electrons. The van der Waals surface area contributed by atoms with E-state index in [1.807, 2.05) is 60.7 Å². The molecule has 1 aromatic heterocycles. The SMILES string of the molecule is Cc1ccc(-c2cc(-c3nc(-c4ccccc4)nc(-c4ccccc4)n3)cc(-c3cccc4ccccc34)c2)cc1. The predicted molar refractivity (Wildman–Crippen MR) is 169 cm³/mol. The summed E-state index contributed by atoms with van der Waals surface area (Å²) in [5.74, 6) is 1.96. The predicted octanol–water partition coefficient (Wildman–Crippen LogP) is 9.67. The molecule has 7 aromatic rings. The van der Waals surface area contributed by atoms with E-state index in [1.54, 1.807) is 0 Å². The van der Waals surface area contributed by atoms with E-state index in [1.165, 1.54) is 21.9 Å². The van der Waals surface area contributed by atoms with Gasteiger partial charge in [-0.05, 0) is 58.1 Å². The van der Waals surface area contributed by atoms with Crippen molar-refractivity contribution in [2.75, 3.05) is 0 Å². The van der Waals surface area contributed by atoms with Gasteiger partial charge in [-0.2, -0.15) is 0 Å². The molecule has 0 aliphatic rings. The van der Waals surface area contributed by atoms with Gasteiger partial charge in [-0.15, -0.1) is 0 Å². The Morgan fingerprint density at radius 1 is 0.366 bits per heavy atom. The first kappa shape index (κ1) is 24.6. The molecule has 0 radical (unpaired) electrons. The molecular weight excluding hydrogens is 498 g/mol. The van der Waals surface area contributed by atoms with Crippen molar-refractivity contribution in [3.05, 3.63) is 151 Å². The molecule has 0 unspecified atom stereocenters. The summed E-state index contributed by atoms with van der Waals surface area (Å²) in [5, 5.41) is 2.43. The zero-order valence-corrected chi connectivity index (χ0v) is 22.7. The molecule has 0 saturated carbocycles. The van der Waals surface area contributed by atoms with E-state index >= 15 is 0 Å². The van der Waals surface area contributed by atoms with Gasteiger partial charge in [0.1, 0.15) is 0 Å². The molecule has 1 heterocycles. The van der Waals surface area contributed by atoms with Crippen LogP contribution in [0.2, 0.25) is 0 Å². The van der Waals surface area contributed by atoms with E-state index in [2.05, 4.69) is 91.9 Å². The van der Waals surface area contributed by atoms with Crippen molar-refractivity contribution in [1.29, 1.82) is 0 Å². The number of rotatable bonds is 5. The second kappa shape index (κ2) is 10.6. The maximum Gasteiger partial charge on any atom is 0.164 e. The first-order valence-corrected chi connectivity index (χ1v) is 13.8. The lowest BCUT2D eigenvalue weighted by atomic mass is 9.92. The standard InChI is InChI=1S/C38H27N3/c1-26-19-21-27(22-20-26)31-23-32(35-18-10-16-28-11-8-9-17-34(28)35)25-33(24-31)38-40-36(29-12-4-2-5-13-29)39-37(41-38)30-14-6-3-7-15-30/h2-25H,1H3. The Morgan fingerprint density at radius 3 is 1.54 bits per heavy atom. The summed E-state index contributed by atoms with van der Waals surface area (Å²) >= 11 is 0. The van der Waals surface area contributed by atoms with Gasteiger partial charge in [0.05, 0.1) is 0 Å². The monoisotopic (exact) mass is 525 g/mol. The number of fused-ring (bicyclic) bond motifs is 1. The molecule has 0 saturated heterocycles. The van der Waals surface area contributed by atoms with Crippen molar-refractivity contribution in [2.45, 2.75) is 6.92 Å². The Kier molecular flexibility index (Phi) is 6.38. The van der Waals surface area contributed by atoms with E-state index in [0.29, 0.717) is 17.5 Å². The first-order valence-electron chi connectivity index (χ1n) is 13.8. The number of aromatic nitrogens is 3. The molecule has 0 bridgehead atoms. The molecule has 3 nitrogen and oxygen atoms in total. The molecule has 6 aromatic carbocycles. The van der Waals surface area contributed by atoms with Gasteiger partial charge in [-0.1, -0.05) is 133 Å². The van der Waals surface area contributed by atoms with E-state index in [0.717, 1.165) is 33.4 Å². The van der Waals surface area contributed by atoms with Gasteiger partial charge in [0.15, 0.2) is 17.5 Å². The highest BCUT2D eigenvalue weighted by Gasteiger charge is 2.15. The van der Waals surface area contributed by atoms with Crippen molar-refractivity contribution in [2.24, 2.45) is 0 Å². The average Bonchev–Trinajstić information content (AvgIpc) is 3.05. The number of hydrogen-bond acceptors (Lipinski definition) is 3. The maximum atomic E-state index is 5.02. The Hall–Kier alpha value is -5.41. The molecule has 0 spiro atoms. The fourth-order valence-electron chi connectivity index (χ4n) is 5.24. The van der Waals surface area contributed by atoms with Gasteiger partial charge >= 0.3 is 0 Å². The maximum absolute atomic E-state index is 5.02. The lowest BCUT2D eigenvalue weighted by Crippen LogP contribution is -2.00. The summed E-state index contributed by atoms with van der Waals surface area (Å²) in [6.45, 7) is 2.11. The van der Waals surface area contributed by atoms with Crippen molar-refractivity contribution >= 4 is 10.8 Å². The molecule has 0 amide bonds. The summed E-state index contributed by atoms with van der Waals surface area (Å²) in [6.07, 6.45) is 0. The minimum absolute atomic E-state index is 0.646. The molecule has 0 atom stereocenters. The Balaban J connectivity index is 1.48. The van der Waals surface area contributed by atoms with E-state index < -0.39 is 0 Å². The zero-order chi connectivity index (χ0) is 27.6. The lowest BCUT2D eigenvalue weighted by Gasteiger charge is -2.14. The molecule has 41 heavy (non-hydrogen) atoms. The van der Waals surface area contributed by atoms with Crippen molar-refractivity contribution in [3.63, 3.8) is 0 Å². The number of hydrogen-bond donors (Lipinski definition) is 0. The van der Waals surface area contributed by atoms with Crippen LogP contribution in [-0.4, -0.2) is 15.0 Å². The van der Waals surface area contributed by atoms with Crippen LogP contribution in [0.1, 0.15) is 5.56 Å². The van der Waals surface area contributed by atoms with Gasteiger partial charge in [-0.3, -0.25) is 0 Å². The van der Waals surface area contributed by atoms with Crippen molar-refractivity contribution < 1.29 is 0 Å². The zero-order valence-electron chi connectivity index (χ0n) is 22.7. The van der Waals surface area contributed by atoms with Crippen LogP contribution in [0.4, 0.5) is 0 Å². The van der Waals surface area contributed by atoms with Gasteiger partial charge < -0.3 is 0 Å². The summed E-state index contributed by atoms with van der Waals surface area (Å²) < 4.78 is 0. The highest BCUT2D eigenvalue weighted by atomic mass is 15.0. The Bertz CT molecular complexity index is 1920. The van der Waals surface area contributed by atoms with Crippen LogP contribution >= 0.6 is 0 Å². The van der Waals surface area contributed by atoms with Crippen LogP contribution in [0.5, 0.6) is 0 Å². The third-order valence-corrected chi connectivity index (χ3v) is 7.38. The largest absolute Gasteiger partial charge is 0.208 e. The minimum atomic E-state index is 0.646. The van der Waals surface area contributed by atoms with Crippen LogP contribution in [0.3, 0.4) is 0 Å². The van der Waals surface area contributed by atoms with Gasteiger partial charge in [0, 0.05) is 16.7 Å². The smallest absolute Gasteiger partial charge is 0.164 e. The summed E-state index contributed by atoms with van der Waals surface area (Å²) in [6, 6.07) is 50.6. The Morgan fingerprint density at radius 2 is 0.878 bits per heavy atom. The molecule has 0 aliphatic carbocycles. The third-order valence-electron chi connectivity index (χ3n) is 7.38. The summed E-state index contributed by atoms with van der Waals surface area (Å²) in [4.78, 5) is 14.9.